The molecule has 3 heterocycles. The van der Waals surface area contributed by atoms with Crippen LogP contribution < -0.4 is 10.2 Å². The smallest absolute Gasteiger partial charge is 0.231 e. The summed E-state index contributed by atoms with van der Waals surface area (Å²) in [6.45, 7) is 8.37. The summed E-state index contributed by atoms with van der Waals surface area (Å²) in [5, 5.41) is 3.87. The van der Waals surface area contributed by atoms with Gasteiger partial charge in [-0.15, -0.1) is 0 Å². The number of alkyl halides is 1. The molecule has 1 amide bonds. The van der Waals surface area contributed by atoms with Gasteiger partial charge in [0.1, 0.15) is 24.1 Å². The van der Waals surface area contributed by atoms with E-state index in [-0.39, 0.29) is 23.4 Å². The molecule has 4 atom stereocenters. The average molecular weight is 504 g/mol. The van der Waals surface area contributed by atoms with Crippen molar-refractivity contribution in [3.63, 3.8) is 0 Å². The fourth-order valence-corrected chi connectivity index (χ4v) is 6.10. The number of fused-ring (bicyclic) bond motifs is 1. The Labute approximate surface area is 210 Å². The highest BCUT2D eigenvalue weighted by Crippen LogP contribution is 2.45. The minimum absolute atomic E-state index is 0.0601. The van der Waals surface area contributed by atoms with Gasteiger partial charge in [0.2, 0.25) is 5.91 Å². The molecule has 2 aromatic rings. The van der Waals surface area contributed by atoms with Crippen molar-refractivity contribution < 1.29 is 13.6 Å². The van der Waals surface area contributed by atoms with E-state index in [1.165, 1.54) is 12.4 Å². The molecule has 1 aliphatic carbocycles. The number of rotatable bonds is 4. The SMILES string of the molecule is C[C@@H]1C[C@H](F)c2ncnc(N3CCN(C(=O)[C@@H](c4ccc(Cl)cc4F)[C@@H]4CCC(C)(C)N4)CC3)c21. The molecule has 0 spiro atoms. The van der Waals surface area contributed by atoms with Gasteiger partial charge in [-0.25, -0.2) is 18.7 Å². The molecule has 1 aromatic heterocycles. The van der Waals surface area contributed by atoms with Crippen LogP contribution in [0.1, 0.15) is 74.9 Å². The second kappa shape index (κ2) is 9.28. The average Bonchev–Trinajstić information content (AvgIpc) is 3.33. The van der Waals surface area contributed by atoms with Crippen LogP contribution in [0.5, 0.6) is 0 Å². The molecule has 6 nitrogen and oxygen atoms in total. The lowest BCUT2D eigenvalue weighted by Crippen LogP contribution is -2.53. The minimum atomic E-state index is -1.05. The van der Waals surface area contributed by atoms with E-state index in [9.17, 15) is 9.18 Å². The number of carbonyl (C=O) groups is 1. The molecule has 2 aliphatic heterocycles. The van der Waals surface area contributed by atoms with Gasteiger partial charge in [-0.05, 0) is 51.2 Å². The number of carbonyl (C=O) groups excluding carboxylic acids is 1. The molecule has 3 aliphatic rings. The Morgan fingerprint density at radius 3 is 2.63 bits per heavy atom. The fourth-order valence-electron chi connectivity index (χ4n) is 5.94. The first-order valence-corrected chi connectivity index (χ1v) is 12.8. The molecule has 0 unspecified atom stereocenters. The van der Waals surface area contributed by atoms with Gasteiger partial charge in [0, 0.05) is 53.9 Å². The number of amides is 1. The van der Waals surface area contributed by atoms with Crippen LogP contribution in [0, 0.1) is 5.82 Å². The summed E-state index contributed by atoms with van der Waals surface area (Å²) < 4.78 is 29.4. The summed E-state index contributed by atoms with van der Waals surface area (Å²) in [6, 6.07) is 4.42. The topological polar surface area (TPSA) is 61.4 Å². The van der Waals surface area contributed by atoms with E-state index in [0.717, 1.165) is 24.2 Å². The van der Waals surface area contributed by atoms with Crippen LogP contribution in [0.2, 0.25) is 5.02 Å². The standard InChI is InChI=1S/C26H32ClF2N5O/c1-15-12-19(29)23-21(15)24(31-14-30-23)33-8-10-34(11-9-33)25(35)22(20-6-7-26(2,3)32-20)17-5-4-16(27)13-18(17)28/h4-5,13-15,19-20,22,32H,6-12H2,1-3H3/t15-,19+,20+,22+/m1/s1. The molecule has 1 N–H and O–H groups in total. The largest absolute Gasteiger partial charge is 0.353 e. The number of anilines is 1. The van der Waals surface area contributed by atoms with E-state index in [1.807, 2.05) is 11.8 Å². The first-order chi connectivity index (χ1) is 16.6. The zero-order valence-corrected chi connectivity index (χ0v) is 21.2. The lowest BCUT2D eigenvalue weighted by Gasteiger charge is -2.39. The molecule has 188 valence electrons. The number of nitrogens with zero attached hydrogens (tertiary/aromatic N) is 4. The van der Waals surface area contributed by atoms with E-state index in [2.05, 4.69) is 34.0 Å². The molecule has 0 bridgehead atoms. The number of benzene rings is 1. The summed E-state index contributed by atoms with van der Waals surface area (Å²) in [6.07, 6.45) is 2.52. The molecule has 5 rings (SSSR count). The quantitative estimate of drug-likeness (QED) is 0.652. The predicted molar refractivity (Wildman–Crippen MR) is 132 cm³/mol. The van der Waals surface area contributed by atoms with Crippen molar-refractivity contribution >= 4 is 23.3 Å². The molecule has 0 saturated carbocycles. The Bertz CT molecular complexity index is 1120. The first-order valence-electron chi connectivity index (χ1n) is 12.4. The van der Waals surface area contributed by atoms with E-state index < -0.39 is 17.9 Å². The highest BCUT2D eigenvalue weighted by atomic mass is 35.5. The van der Waals surface area contributed by atoms with Crippen molar-refractivity contribution in [1.82, 2.24) is 20.2 Å². The summed E-state index contributed by atoms with van der Waals surface area (Å²) in [5.74, 6) is -0.325. The fraction of sp³-hybridized carbons (Fsp3) is 0.577. The van der Waals surface area contributed by atoms with Crippen LogP contribution in [0.25, 0.3) is 0 Å². The lowest BCUT2D eigenvalue weighted by atomic mass is 9.88. The number of nitrogens with one attached hydrogen (secondary N) is 1. The molecular weight excluding hydrogens is 472 g/mol. The zero-order chi connectivity index (χ0) is 24.9. The molecule has 1 aromatic carbocycles. The van der Waals surface area contributed by atoms with E-state index >= 15 is 4.39 Å². The van der Waals surface area contributed by atoms with E-state index in [4.69, 9.17) is 11.6 Å². The third-order valence-corrected chi connectivity index (χ3v) is 7.99. The zero-order valence-electron chi connectivity index (χ0n) is 20.4. The van der Waals surface area contributed by atoms with Gasteiger partial charge < -0.3 is 15.1 Å². The summed E-state index contributed by atoms with van der Waals surface area (Å²) in [7, 11) is 0. The Balaban J connectivity index is 1.36. The van der Waals surface area contributed by atoms with Crippen molar-refractivity contribution in [3.05, 3.63) is 52.2 Å². The second-order valence-corrected chi connectivity index (χ2v) is 11.2. The third kappa shape index (κ3) is 4.62. The molecule has 0 radical (unpaired) electrons. The van der Waals surface area contributed by atoms with Crippen LogP contribution in [0.15, 0.2) is 24.5 Å². The predicted octanol–water partition coefficient (Wildman–Crippen LogP) is 4.75. The second-order valence-electron chi connectivity index (χ2n) is 10.7. The van der Waals surface area contributed by atoms with Gasteiger partial charge in [-0.1, -0.05) is 24.6 Å². The van der Waals surface area contributed by atoms with Crippen molar-refractivity contribution in [2.75, 3.05) is 31.1 Å². The number of halogens is 3. The normalized spacial score (nSPS) is 26.6. The Kier molecular flexibility index (Phi) is 6.46. The van der Waals surface area contributed by atoms with Crippen LogP contribution in [-0.4, -0.2) is 58.5 Å². The molecule has 2 saturated heterocycles. The van der Waals surface area contributed by atoms with Gasteiger partial charge in [0.25, 0.3) is 0 Å². The Morgan fingerprint density at radius 1 is 1.23 bits per heavy atom. The monoisotopic (exact) mass is 503 g/mol. The Hall–Kier alpha value is -2.32. The van der Waals surface area contributed by atoms with Gasteiger partial charge in [0.15, 0.2) is 0 Å². The molecule has 35 heavy (non-hydrogen) atoms. The van der Waals surface area contributed by atoms with Crippen LogP contribution in [0.3, 0.4) is 0 Å². The maximum absolute atomic E-state index is 15.0. The van der Waals surface area contributed by atoms with Crippen molar-refractivity contribution in [1.29, 1.82) is 0 Å². The number of aromatic nitrogens is 2. The highest BCUT2D eigenvalue weighted by Gasteiger charge is 2.42. The van der Waals surface area contributed by atoms with Gasteiger partial charge in [0.05, 0.1) is 11.6 Å². The van der Waals surface area contributed by atoms with Crippen molar-refractivity contribution in [3.8, 4) is 0 Å². The highest BCUT2D eigenvalue weighted by molar-refractivity contribution is 6.30. The van der Waals surface area contributed by atoms with E-state index in [1.54, 1.807) is 12.1 Å². The number of piperazine rings is 1. The maximum atomic E-state index is 15.0. The van der Waals surface area contributed by atoms with Crippen LogP contribution >= 0.6 is 11.6 Å². The molecule has 9 heteroatoms. The first kappa shape index (κ1) is 24.4. The van der Waals surface area contributed by atoms with Crippen LogP contribution in [0.4, 0.5) is 14.6 Å². The van der Waals surface area contributed by atoms with E-state index in [0.29, 0.717) is 48.9 Å². The van der Waals surface area contributed by atoms with Gasteiger partial charge in [-0.2, -0.15) is 0 Å². The number of hydrogen-bond acceptors (Lipinski definition) is 5. The lowest BCUT2D eigenvalue weighted by molar-refractivity contribution is -0.133. The van der Waals surface area contributed by atoms with Crippen LogP contribution in [-0.2, 0) is 4.79 Å². The Morgan fingerprint density at radius 2 is 1.97 bits per heavy atom. The summed E-state index contributed by atoms with van der Waals surface area (Å²) >= 11 is 6.00. The summed E-state index contributed by atoms with van der Waals surface area (Å²) in [4.78, 5) is 26.5. The maximum Gasteiger partial charge on any atom is 0.231 e. The van der Waals surface area contributed by atoms with Gasteiger partial charge >= 0.3 is 0 Å². The minimum Gasteiger partial charge on any atom is -0.353 e. The molecular formula is C26H32ClF2N5O. The van der Waals surface area contributed by atoms with Gasteiger partial charge in [-0.3, -0.25) is 4.79 Å². The van der Waals surface area contributed by atoms with Crippen molar-refractivity contribution in [2.45, 2.75) is 69.6 Å². The molecule has 2 fully saturated rings. The summed E-state index contributed by atoms with van der Waals surface area (Å²) in [5.41, 5.74) is 1.66. The third-order valence-electron chi connectivity index (χ3n) is 7.76. The number of hydrogen-bond donors (Lipinski definition) is 1. The van der Waals surface area contributed by atoms with Crippen molar-refractivity contribution in [2.24, 2.45) is 0 Å².